The fourth-order valence-electron chi connectivity index (χ4n) is 2.19. The van der Waals surface area contributed by atoms with Gasteiger partial charge in [-0.2, -0.15) is 0 Å². The van der Waals surface area contributed by atoms with Crippen molar-refractivity contribution in [2.75, 3.05) is 18.9 Å². The van der Waals surface area contributed by atoms with Crippen molar-refractivity contribution >= 4 is 22.8 Å². The Balaban J connectivity index is 2.47. The number of rotatable bonds is 6. The zero-order chi connectivity index (χ0) is 12.8. The van der Waals surface area contributed by atoms with Crippen molar-refractivity contribution in [3.8, 4) is 0 Å². The van der Waals surface area contributed by atoms with Crippen LogP contribution in [0.4, 0.5) is 0 Å². The lowest BCUT2D eigenvalue weighted by atomic mass is 10.1. The Morgan fingerprint density at radius 3 is 2.88 bits per heavy atom. The van der Waals surface area contributed by atoms with Crippen LogP contribution in [-0.4, -0.2) is 46.0 Å². The molecule has 5 heteroatoms. The molecule has 4 nitrogen and oxygen atoms in total. The Morgan fingerprint density at radius 1 is 1.65 bits per heavy atom. The summed E-state index contributed by atoms with van der Waals surface area (Å²) in [5.74, 6) is 1.08. The molecule has 0 bridgehead atoms. The number of hydrogen-bond acceptors (Lipinski definition) is 4. The largest absolute Gasteiger partial charge is 0.394 e. The SMILES string of the molecule is CCCC(CO)N1CC(CSC(C)=O)CC1=O. The van der Waals surface area contributed by atoms with Gasteiger partial charge >= 0.3 is 0 Å². The van der Waals surface area contributed by atoms with E-state index in [-0.39, 0.29) is 29.6 Å². The highest BCUT2D eigenvalue weighted by Crippen LogP contribution is 2.25. The maximum Gasteiger partial charge on any atom is 0.223 e. The minimum absolute atomic E-state index is 0.0339. The summed E-state index contributed by atoms with van der Waals surface area (Å²) in [7, 11) is 0. The first-order chi connectivity index (χ1) is 8.08. The first-order valence-electron chi connectivity index (χ1n) is 6.12. The average Bonchev–Trinajstić information content (AvgIpc) is 2.65. The highest BCUT2D eigenvalue weighted by Gasteiger charge is 2.33. The second-order valence-corrected chi connectivity index (χ2v) is 5.74. The summed E-state index contributed by atoms with van der Waals surface area (Å²) in [5.41, 5.74) is 0. The first-order valence-corrected chi connectivity index (χ1v) is 7.10. The number of amides is 1. The van der Waals surface area contributed by atoms with Crippen LogP contribution in [0.2, 0.25) is 0 Å². The van der Waals surface area contributed by atoms with Gasteiger partial charge in [0.25, 0.3) is 0 Å². The van der Waals surface area contributed by atoms with Crippen LogP contribution in [0.25, 0.3) is 0 Å². The van der Waals surface area contributed by atoms with E-state index in [0.29, 0.717) is 18.7 Å². The molecule has 17 heavy (non-hydrogen) atoms. The topological polar surface area (TPSA) is 57.6 Å². The number of nitrogens with zero attached hydrogens (tertiary/aromatic N) is 1. The molecule has 1 aliphatic rings. The molecule has 0 spiro atoms. The average molecular weight is 259 g/mol. The summed E-state index contributed by atoms with van der Waals surface area (Å²) < 4.78 is 0. The van der Waals surface area contributed by atoms with E-state index in [9.17, 15) is 14.7 Å². The van der Waals surface area contributed by atoms with E-state index < -0.39 is 0 Å². The summed E-state index contributed by atoms with van der Waals surface area (Å²) in [4.78, 5) is 24.5. The summed E-state index contributed by atoms with van der Waals surface area (Å²) in [5, 5.41) is 9.39. The lowest BCUT2D eigenvalue weighted by molar-refractivity contribution is -0.130. The molecule has 2 unspecified atom stereocenters. The molecule has 0 aromatic rings. The molecule has 1 saturated heterocycles. The van der Waals surface area contributed by atoms with Crippen molar-refractivity contribution in [2.45, 2.75) is 39.2 Å². The summed E-state index contributed by atoms with van der Waals surface area (Å²) in [6, 6.07) is -0.0418. The van der Waals surface area contributed by atoms with Gasteiger partial charge in [-0.05, 0) is 12.3 Å². The fraction of sp³-hybridized carbons (Fsp3) is 0.833. The lowest BCUT2D eigenvalue weighted by Crippen LogP contribution is -2.39. The Bertz CT molecular complexity index is 283. The highest BCUT2D eigenvalue weighted by atomic mass is 32.2. The van der Waals surface area contributed by atoms with Crippen LogP contribution in [0.15, 0.2) is 0 Å². The van der Waals surface area contributed by atoms with Crippen molar-refractivity contribution < 1.29 is 14.7 Å². The van der Waals surface area contributed by atoms with Crippen LogP contribution in [0, 0.1) is 5.92 Å². The van der Waals surface area contributed by atoms with E-state index in [4.69, 9.17) is 0 Å². The molecule has 0 aromatic heterocycles. The van der Waals surface area contributed by atoms with Crippen molar-refractivity contribution in [3.05, 3.63) is 0 Å². The number of hydrogen-bond donors (Lipinski definition) is 1. The quantitative estimate of drug-likeness (QED) is 0.780. The third-order valence-corrected chi connectivity index (χ3v) is 4.08. The second-order valence-electron chi connectivity index (χ2n) is 4.54. The molecule has 0 radical (unpaired) electrons. The van der Waals surface area contributed by atoms with Crippen LogP contribution < -0.4 is 0 Å². The van der Waals surface area contributed by atoms with Gasteiger partial charge in [0.05, 0.1) is 12.6 Å². The van der Waals surface area contributed by atoms with E-state index in [1.165, 1.54) is 11.8 Å². The number of carbonyl (C=O) groups excluding carboxylic acids is 2. The molecule has 1 fully saturated rings. The predicted octanol–water partition coefficient (Wildman–Crippen LogP) is 1.28. The Morgan fingerprint density at radius 2 is 2.35 bits per heavy atom. The van der Waals surface area contributed by atoms with Gasteiger partial charge in [-0.15, -0.1) is 0 Å². The van der Waals surface area contributed by atoms with Gasteiger partial charge in [0.1, 0.15) is 0 Å². The number of carbonyl (C=O) groups is 2. The molecule has 1 aliphatic heterocycles. The van der Waals surface area contributed by atoms with Crippen molar-refractivity contribution in [2.24, 2.45) is 5.92 Å². The molecule has 98 valence electrons. The standard InChI is InChI=1S/C12H21NO3S/c1-3-4-11(7-14)13-6-10(5-12(13)16)8-17-9(2)15/h10-11,14H,3-8H2,1-2H3. The number of likely N-dealkylation sites (tertiary alicyclic amines) is 1. The fourth-order valence-corrected chi connectivity index (χ4v) is 2.88. The van der Waals surface area contributed by atoms with E-state index in [2.05, 4.69) is 0 Å². The monoisotopic (exact) mass is 259 g/mol. The molecule has 1 rings (SSSR count). The minimum atomic E-state index is -0.0418. The van der Waals surface area contributed by atoms with Gasteiger partial charge in [-0.25, -0.2) is 0 Å². The minimum Gasteiger partial charge on any atom is -0.394 e. The Hall–Kier alpha value is -0.550. The second kappa shape index (κ2) is 7.01. The van der Waals surface area contributed by atoms with Crippen molar-refractivity contribution in [3.63, 3.8) is 0 Å². The zero-order valence-corrected chi connectivity index (χ0v) is 11.3. The maximum absolute atomic E-state index is 11.8. The molecule has 0 aliphatic carbocycles. The molecule has 0 aromatic carbocycles. The van der Waals surface area contributed by atoms with Gasteiger partial charge in [-0.3, -0.25) is 9.59 Å². The van der Waals surface area contributed by atoms with Gasteiger partial charge in [0, 0.05) is 25.6 Å². The molecule has 1 heterocycles. The molecule has 2 atom stereocenters. The van der Waals surface area contributed by atoms with E-state index in [0.717, 1.165) is 12.8 Å². The normalized spacial score (nSPS) is 21.9. The van der Waals surface area contributed by atoms with Crippen molar-refractivity contribution in [1.82, 2.24) is 4.90 Å². The third-order valence-electron chi connectivity index (χ3n) is 3.03. The predicted molar refractivity (Wildman–Crippen MR) is 68.7 cm³/mol. The number of aliphatic hydroxyl groups is 1. The zero-order valence-electron chi connectivity index (χ0n) is 10.5. The van der Waals surface area contributed by atoms with Gasteiger partial charge in [0.2, 0.25) is 5.91 Å². The molecular formula is C12H21NO3S. The summed E-state index contributed by atoms with van der Waals surface area (Å²) >= 11 is 1.28. The number of thioether (sulfide) groups is 1. The molecular weight excluding hydrogens is 238 g/mol. The van der Waals surface area contributed by atoms with Crippen LogP contribution >= 0.6 is 11.8 Å². The van der Waals surface area contributed by atoms with Crippen LogP contribution in [0.1, 0.15) is 33.1 Å². The molecule has 0 saturated carbocycles. The summed E-state index contributed by atoms with van der Waals surface area (Å²) in [6.45, 7) is 4.32. The van der Waals surface area contributed by atoms with Gasteiger partial charge in [-0.1, -0.05) is 25.1 Å². The van der Waals surface area contributed by atoms with E-state index in [1.807, 2.05) is 6.92 Å². The first kappa shape index (κ1) is 14.5. The lowest BCUT2D eigenvalue weighted by Gasteiger charge is -2.26. The maximum atomic E-state index is 11.8. The Kier molecular flexibility index (Phi) is 5.98. The summed E-state index contributed by atoms with van der Waals surface area (Å²) in [6.07, 6.45) is 2.32. The van der Waals surface area contributed by atoms with E-state index >= 15 is 0 Å². The third kappa shape index (κ3) is 4.32. The highest BCUT2D eigenvalue weighted by molar-refractivity contribution is 8.13. The van der Waals surface area contributed by atoms with E-state index in [1.54, 1.807) is 11.8 Å². The molecule has 1 N–H and O–H groups in total. The van der Waals surface area contributed by atoms with Gasteiger partial charge in [0.15, 0.2) is 5.12 Å². The Labute approximate surface area is 107 Å². The van der Waals surface area contributed by atoms with Crippen molar-refractivity contribution in [1.29, 1.82) is 0 Å². The number of aliphatic hydroxyl groups excluding tert-OH is 1. The van der Waals surface area contributed by atoms with Crippen LogP contribution in [0.3, 0.4) is 0 Å². The smallest absolute Gasteiger partial charge is 0.223 e. The van der Waals surface area contributed by atoms with Crippen LogP contribution in [0.5, 0.6) is 0 Å². The van der Waals surface area contributed by atoms with Gasteiger partial charge < -0.3 is 10.0 Å². The van der Waals surface area contributed by atoms with Crippen LogP contribution in [-0.2, 0) is 9.59 Å². The molecule has 1 amide bonds.